The van der Waals surface area contributed by atoms with Gasteiger partial charge in [-0.2, -0.15) is 0 Å². The van der Waals surface area contributed by atoms with Gasteiger partial charge in [0.2, 0.25) is 10.0 Å². The van der Waals surface area contributed by atoms with Gasteiger partial charge in [0.05, 0.1) is 4.92 Å². The first-order valence-corrected chi connectivity index (χ1v) is 8.87. The minimum Gasteiger partial charge on any atom is -0.311 e. The van der Waals surface area contributed by atoms with Crippen LogP contribution in [0.5, 0.6) is 0 Å². The topological polar surface area (TPSA) is 101 Å². The van der Waals surface area contributed by atoms with E-state index >= 15 is 0 Å². The zero-order valence-corrected chi connectivity index (χ0v) is 14.3. The fraction of sp³-hybridized carbons (Fsp3) is 0.571. The number of nitro benzene ring substituents is 1. The second-order valence-electron chi connectivity index (χ2n) is 6.11. The fourth-order valence-corrected chi connectivity index (χ4v) is 5.22. The van der Waals surface area contributed by atoms with Gasteiger partial charge in [-0.25, -0.2) is 13.1 Å². The normalized spacial score (nSPS) is 26.6. The van der Waals surface area contributed by atoms with Gasteiger partial charge in [0.15, 0.2) is 4.90 Å². The number of sulfonamides is 1. The summed E-state index contributed by atoms with van der Waals surface area (Å²) in [6.45, 7) is 1.58. The van der Waals surface area contributed by atoms with Crippen molar-refractivity contribution < 1.29 is 13.3 Å². The summed E-state index contributed by atoms with van der Waals surface area (Å²) in [6.07, 6.45) is 3.59. The van der Waals surface area contributed by atoms with Crippen LogP contribution in [0, 0.1) is 17.0 Å². The average molecular weight is 362 g/mol. The first-order chi connectivity index (χ1) is 10.4. The van der Waals surface area contributed by atoms with Crippen LogP contribution in [0.2, 0.25) is 0 Å². The van der Waals surface area contributed by atoms with Crippen LogP contribution in [-0.2, 0) is 10.0 Å². The molecule has 2 saturated heterocycles. The lowest BCUT2D eigenvalue weighted by Gasteiger charge is -2.29. The molecule has 1 aromatic rings. The van der Waals surface area contributed by atoms with Gasteiger partial charge in [-0.05, 0) is 38.2 Å². The van der Waals surface area contributed by atoms with E-state index in [0.717, 1.165) is 25.7 Å². The Labute approximate surface area is 141 Å². The second-order valence-corrected chi connectivity index (χ2v) is 7.76. The Bertz CT molecular complexity index is 698. The molecule has 2 heterocycles. The van der Waals surface area contributed by atoms with E-state index in [9.17, 15) is 18.5 Å². The molecular weight excluding hydrogens is 342 g/mol. The highest BCUT2D eigenvalue weighted by Crippen LogP contribution is 2.30. The molecule has 0 radical (unpaired) electrons. The second kappa shape index (κ2) is 6.72. The lowest BCUT2D eigenvalue weighted by Crippen LogP contribution is -2.48. The van der Waals surface area contributed by atoms with Crippen LogP contribution < -0.4 is 10.0 Å². The highest BCUT2D eigenvalue weighted by Gasteiger charge is 2.37. The van der Waals surface area contributed by atoms with Crippen molar-refractivity contribution in [3.8, 4) is 0 Å². The SMILES string of the molecule is Cc1cccc([N+](=O)[O-])c1S(=O)(=O)NC1CC2CCC(C1)N2.Cl. The fourth-order valence-electron chi connectivity index (χ4n) is 3.56. The Morgan fingerprint density at radius 3 is 2.43 bits per heavy atom. The number of nitro groups is 1. The number of aryl methyl sites for hydroxylation is 1. The number of benzene rings is 1. The standard InChI is InChI=1S/C14H19N3O4S.ClH/c1-9-3-2-4-13(17(18)19)14(9)22(20,21)16-12-7-10-5-6-11(8-12)15-10;/h2-4,10-12,15-16H,5-8H2,1H3;1H. The number of hydrogen-bond acceptors (Lipinski definition) is 5. The number of nitrogens with zero attached hydrogens (tertiary/aromatic N) is 1. The molecule has 0 saturated carbocycles. The third kappa shape index (κ3) is 3.65. The Morgan fingerprint density at radius 1 is 1.26 bits per heavy atom. The number of rotatable bonds is 4. The van der Waals surface area contributed by atoms with Crippen molar-refractivity contribution in [3.05, 3.63) is 33.9 Å². The summed E-state index contributed by atoms with van der Waals surface area (Å²) in [4.78, 5) is 10.3. The molecule has 1 aromatic carbocycles. The van der Waals surface area contributed by atoms with Crippen molar-refractivity contribution in [2.75, 3.05) is 0 Å². The van der Waals surface area contributed by atoms with E-state index < -0.39 is 14.9 Å². The largest absolute Gasteiger partial charge is 0.311 e. The molecule has 0 aliphatic carbocycles. The van der Waals surface area contributed by atoms with Crippen molar-refractivity contribution in [2.24, 2.45) is 0 Å². The van der Waals surface area contributed by atoms with Gasteiger partial charge in [-0.3, -0.25) is 10.1 Å². The highest BCUT2D eigenvalue weighted by atomic mass is 35.5. The van der Waals surface area contributed by atoms with Gasteiger partial charge in [0, 0.05) is 24.2 Å². The lowest BCUT2D eigenvalue weighted by molar-refractivity contribution is -0.387. The monoisotopic (exact) mass is 361 g/mol. The first-order valence-electron chi connectivity index (χ1n) is 7.39. The van der Waals surface area contributed by atoms with E-state index in [-0.39, 0.29) is 29.0 Å². The molecular formula is C14H20ClN3O4S. The summed E-state index contributed by atoms with van der Waals surface area (Å²) in [5.74, 6) is 0. The van der Waals surface area contributed by atoms with E-state index in [0.29, 0.717) is 17.6 Å². The summed E-state index contributed by atoms with van der Waals surface area (Å²) in [6, 6.07) is 4.83. The van der Waals surface area contributed by atoms with Crippen LogP contribution >= 0.6 is 12.4 Å². The molecule has 7 nitrogen and oxygen atoms in total. The molecule has 2 unspecified atom stereocenters. The molecule has 2 bridgehead atoms. The maximum absolute atomic E-state index is 12.6. The molecule has 0 aromatic heterocycles. The number of halogens is 1. The van der Waals surface area contributed by atoms with E-state index in [1.54, 1.807) is 13.0 Å². The molecule has 9 heteroatoms. The van der Waals surface area contributed by atoms with Gasteiger partial charge in [0.1, 0.15) is 0 Å². The summed E-state index contributed by atoms with van der Waals surface area (Å²) < 4.78 is 28.0. The van der Waals surface area contributed by atoms with Crippen molar-refractivity contribution in [3.63, 3.8) is 0 Å². The molecule has 128 valence electrons. The Hall–Kier alpha value is -1.22. The number of nitrogens with one attached hydrogen (secondary N) is 2. The molecule has 3 rings (SSSR count). The molecule has 2 aliphatic rings. The molecule has 0 spiro atoms. The minimum atomic E-state index is -3.90. The summed E-state index contributed by atoms with van der Waals surface area (Å²) in [7, 11) is -3.90. The first kappa shape index (κ1) is 18.1. The van der Waals surface area contributed by atoms with Gasteiger partial charge in [-0.15, -0.1) is 12.4 Å². The zero-order valence-electron chi connectivity index (χ0n) is 12.7. The predicted octanol–water partition coefficient (Wildman–Crippen LogP) is 1.89. The van der Waals surface area contributed by atoms with Gasteiger partial charge in [-0.1, -0.05) is 12.1 Å². The molecule has 2 N–H and O–H groups in total. The lowest BCUT2D eigenvalue weighted by atomic mass is 10.0. The van der Waals surface area contributed by atoms with E-state index in [2.05, 4.69) is 10.0 Å². The third-order valence-electron chi connectivity index (χ3n) is 4.45. The maximum atomic E-state index is 12.6. The molecule has 23 heavy (non-hydrogen) atoms. The van der Waals surface area contributed by atoms with Crippen LogP contribution in [0.1, 0.15) is 31.2 Å². The van der Waals surface area contributed by atoms with Crippen molar-refractivity contribution in [1.82, 2.24) is 10.0 Å². The predicted molar refractivity (Wildman–Crippen MR) is 88.4 cm³/mol. The van der Waals surface area contributed by atoms with Crippen LogP contribution in [0.25, 0.3) is 0 Å². The van der Waals surface area contributed by atoms with Gasteiger partial charge in [0.25, 0.3) is 5.69 Å². The highest BCUT2D eigenvalue weighted by molar-refractivity contribution is 7.89. The minimum absolute atomic E-state index is 0. The summed E-state index contributed by atoms with van der Waals surface area (Å²) in [5, 5.41) is 14.6. The van der Waals surface area contributed by atoms with Crippen molar-refractivity contribution in [1.29, 1.82) is 0 Å². The quantitative estimate of drug-likeness (QED) is 0.629. The van der Waals surface area contributed by atoms with E-state index in [1.165, 1.54) is 12.1 Å². The maximum Gasteiger partial charge on any atom is 0.289 e. The molecule has 0 amide bonds. The van der Waals surface area contributed by atoms with E-state index in [1.807, 2.05) is 0 Å². The Kier molecular flexibility index (Phi) is 5.30. The summed E-state index contributed by atoms with van der Waals surface area (Å²) in [5.41, 5.74) is 0.0167. The Balaban J connectivity index is 0.00000192. The number of fused-ring (bicyclic) bond motifs is 2. The zero-order chi connectivity index (χ0) is 15.9. The molecule has 2 atom stereocenters. The van der Waals surface area contributed by atoms with Crippen LogP contribution in [0.4, 0.5) is 5.69 Å². The number of hydrogen-bond donors (Lipinski definition) is 2. The van der Waals surface area contributed by atoms with Gasteiger partial charge >= 0.3 is 0 Å². The van der Waals surface area contributed by atoms with E-state index in [4.69, 9.17) is 0 Å². The molecule has 2 aliphatic heterocycles. The average Bonchev–Trinajstić information content (AvgIpc) is 2.76. The van der Waals surface area contributed by atoms with Gasteiger partial charge < -0.3 is 5.32 Å². The van der Waals surface area contributed by atoms with Crippen LogP contribution in [0.3, 0.4) is 0 Å². The third-order valence-corrected chi connectivity index (χ3v) is 6.16. The molecule has 2 fully saturated rings. The van der Waals surface area contributed by atoms with Crippen molar-refractivity contribution >= 4 is 28.1 Å². The summed E-state index contributed by atoms with van der Waals surface area (Å²) >= 11 is 0. The van der Waals surface area contributed by atoms with Crippen LogP contribution in [-0.4, -0.2) is 31.5 Å². The van der Waals surface area contributed by atoms with Crippen LogP contribution in [0.15, 0.2) is 23.1 Å². The Morgan fingerprint density at radius 2 is 1.87 bits per heavy atom. The smallest absolute Gasteiger partial charge is 0.289 e. The number of piperidine rings is 1. The van der Waals surface area contributed by atoms with Crippen molar-refractivity contribution in [2.45, 2.75) is 55.6 Å².